The summed E-state index contributed by atoms with van der Waals surface area (Å²) in [6, 6.07) is 12.9. The molecule has 0 saturated carbocycles. The van der Waals surface area contributed by atoms with E-state index in [0.717, 1.165) is 21.0 Å². The second-order valence-electron chi connectivity index (χ2n) is 7.92. The van der Waals surface area contributed by atoms with Crippen LogP contribution in [0.3, 0.4) is 0 Å². The third-order valence-electron chi connectivity index (χ3n) is 5.66. The van der Waals surface area contributed by atoms with E-state index in [1.165, 1.54) is 11.3 Å². The Kier molecular flexibility index (Phi) is 7.13. The van der Waals surface area contributed by atoms with E-state index in [1.807, 2.05) is 25.1 Å². The van der Waals surface area contributed by atoms with Crippen molar-refractivity contribution in [3.05, 3.63) is 80.3 Å². The van der Waals surface area contributed by atoms with E-state index in [2.05, 4.69) is 10.3 Å². The molecule has 1 N–H and O–H groups in total. The first-order valence-electron chi connectivity index (χ1n) is 10.4. The zero-order valence-corrected chi connectivity index (χ0v) is 19.9. The molecular weight excluding hydrogens is 465 g/mol. The van der Waals surface area contributed by atoms with Gasteiger partial charge in [0.2, 0.25) is 5.91 Å². The van der Waals surface area contributed by atoms with Gasteiger partial charge >= 0.3 is 0 Å². The van der Waals surface area contributed by atoms with E-state index >= 15 is 0 Å². The maximum absolute atomic E-state index is 12.7. The van der Waals surface area contributed by atoms with E-state index in [1.54, 1.807) is 35.4 Å². The number of halogens is 2. The van der Waals surface area contributed by atoms with Gasteiger partial charge in [-0.3, -0.25) is 9.59 Å². The van der Waals surface area contributed by atoms with Gasteiger partial charge in [0.15, 0.2) is 5.13 Å². The highest BCUT2D eigenvalue weighted by atomic mass is 35.5. The van der Waals surface area contributed by atoms with Crippen molar-refractivity contribution in [1.29, 1.82) is 0 Å². The number of hydrogen-bond donors (Lipinski definition) is 1. The van der Waals surface area contributed by atoms with E-state index < -0.39 is 0 Å². The molecule has 3 aromatic rings. The van der Waals surface area contributed by atoms with Gasteiger partial charge in [-0.1, -0.05) is 41.4 Å². The SMILES string of the molecule is Cc1cccc(Cc2cnc(NC(=O)C3CCN(C(=O)c4ccc(Cl)cc4)CC3)s2)c1Cl. The highest BCUT2D eigenvalue weighted by molar-refractivity contribution is 7.15. The first-order chi connectivity index (χ1) is 15.4. The predicted octanol–water partition coefficient (Wildman–Crippen LogP) is 5.84. The summed E-state index contributed by atoms with van der Waals surface area (Å²) in [7, 11) is 0. The molecule has 1 aliphatic rings. The molecule has 2 amide bonds. The monoisotopic (exact) mass is 487 g/mol. The number of aryl methyl sites for hydroxylation is 1. The van der Waals surface area contributed by atoms with Crippen molar-refractivity contribution in [3.63, 3.8) is 0 Å². The van der Waals surface area contributed by atoms with Crippen molar-refractivity contribution in [3.8, 4) is 0 Å². The minimum atomic E-state index is -0.136. The lowest BCUT2D eigenvalue weighted by Crippen LogP contribution is -2.41. The molecule has 1 saturated heterocycles. The van der Waals surface area contributed by atoms with Gasteiger partial charge in [-0.05, 0) is 55.2 Å². The lowest BCUT2D eigenvalue weighted by atomic mass is 9.95. The number of nitrogens with zero attached hydrogens (tertiary/aromatic N) is 2. The number of aromatic nitrogens is 1. The number of thiazole rings is 1. The number of piperidine rings is 1. The zero-order chi connectivity index (χ0) is 22.7. The summed E-state index contributed by atoms with van der Waals surface area (Å²) in [5, 5.41) is 4.91. The molecule has 0 aliphatic carbocycles. The molecule has 1 fully saturated rings. The smallest absolute Gasteiger partial charge is 0.253 e. The molecule has 0 spiro atoms. The molecule has 2 heterocycles. The maximum Gasteiger partial charge on any atom is 0.253 e. The Bertz CT molecular complexity index is 1120. The second kappa shape index (κ2) is 10.0. The topological polar surface area (TPSA) is 62.3 Å². The summed E-state index contributed by atoms with van der Waals surface area (Å²) in [5.41, 5.74) is 2.70. The molecule has 0 unspecified atom stereocenters. The molecule has 1 aromatic heterocycles. The Balaban J connectivity index is 1.30. The molecule has 166 valence electrons. The summed E-state index contributed by atoms with van der Waals surface area (Å²) in [6.07, 6.45) is 3.72. The molecule has 4 rings (SSSR count). The number of carbonyl (C=O) groups is 2. The fourth-order valence-corrected chi connectivity index (χ4v) is 4.96. The molecule has 0 atom stereocenters. The maximum atomic E-state index is 12.7. The van der Waals surface area contributed by atoms with E-state index in [4.69, 9.17) is 23.2 Å². The summed E-state index contributed by atoms with van der Waals surface area (Å²) in [4.78, 5) is 32.6. The normalized spacial score (nSPS) is 14.4. The number of hydrogen-bond acceptors (Lipinski definition) is 4. The number of anilines is 1. The van der Waals surface area contributed by atoms with Gasteiger partial charge in [-0.2, -0.15) is 0 Å². The molecule has 32 heavy (non-hydrogen) atoms. The van der Waals surface area contributed by atoms with Crippen LogP contribution in [0.15, 0.2) is 48.7 Å². The lowest BCUT2D eigenvalue weighted by molar-refractivity contribution is -0.121. The standard InChI is InChI=1S/C24H23Cl2N3O2S/c1-15-3-2-4-18(21(15)26)13-20-14-27-24(32-20)28-22(30)16-9-11-29(12-10-16)23(31)17-5-7-19(25)8-6-17/h2-8,14,16H,9-13H2,1H3,(H,27,28,30). The number of likely N-dealkylation sites (tertiary alicyclic amines) is 1. The van der Waals surface area contributed by atoms with Gasteiger partial charge in [0.1, 0.15) is 0 Å². The second-order valence-corrected chi connectivity index (χ2v) is 9.85. The highest BCUT2D eigenvalue weighted by Crippen LogP contribution is 2.28. The average Bonchev–Trinajstić information content (AvgIpc) is 3.24. The van der Waals surface area contributed by atoms with Crippen molar-refractivity contribution < 1.29 is 9.59 Å². The van der Waals surface area contributed by atoms with Crippen LogP contribution in [0.25, 0.3) is 0 Å². The Morgan fingerprint density at radius 2 is 1.84 bits per heavy atom. The Labute approximate surface area is 201 Å². The van der Waals surface area contributed by atoms with Gasteiger partial charge in [-0.25, -0.2) is 4.98 Å². The zero-order valence-electron chi connectivity index (χ0n) is 17.6. The van der Waals surface area contributed by atoms with Crippen LogP contribution in [0.1, 0.15) is 39.2 Å². The highest BCUT2D eigenvalue weighted by Gasteiger charge is 2.28. The van der Waals surface area contributed by atoms with Crippen LogP contribution in [-0.2, 0) is 11.2 Å². The van der Waals surface area contributed by atoms with Crippen LogP contribution in [0.4, 0.5) is 5.13 Å². The Morgan fingerprint density at radius 3 is 2.56 bits per heavy atom. The van der Waals surface area contributed by atoms with Crippen LogP contribution in [0.2, 0.25) is 10.0 Å². The fraction of sp³-hybridized carbons (Fsp3) is 0.292. The Hall–Kier alpha value is -2.41. The molecular formula is C24H23Cl2N3O2S. The van der Waals surface area contributed by atoms with Crippen LogP contribution in [0.5, 0.6) is 0 Å². The summed E-state index contributed by atoms with van der Waals surface area (Å²) in [5.74, 6) is -0.208. The Morgan fingerprint density at radius 1 is 1.12 bits per heavy atom. The molecule has 2 aromatic carbocycles. The van der Waals surface area contributed by atoms with Gasteiger partial charge in [0, 0.05) is 52.1 Å². The largest absolute Gasteiger partial charge is 0.339 e. The molecule has 5 nitrogen and oxygen atoms in total. The quantitative estimate of drug-likeness (QED) is 0.491. The van der Waals surface area contributed by atoms with Gasteiger partial charge in [-0.15, -0.1) is 11.3 Å². The van der Waals surface area contributed by atoms with Gasteiger partial charge in [0.25, 0.3) is 5.91 Å². The average molecular weight is 488 g/mol. The molecule has 1 aliphatic heterocycles. The van der Waals surface area contributed by atoms with Crippen LogP contribution in [0, 0.1) is 12.8 Å². The fourth-order valence-electron chi connectivity index (χ4n) is 3.81. The predicted molar refractivity (Wildman–Crippen MR) is 130 cm³/mol. The number of nitrogens with one attached hydrogen (secondary N) is 1. The summed E-state index contributed by atoms with van der Waals surface area (Å²) in [6.45, 7) is 3.08. The minimum absolute atomic E-state index is 0.0279. The van der Waals surface area contributed by atoms with Crippen molar-refractivity contribution in [2.24, 2.45) is 5.92 Å². The number of carbonyl (C=O) groups excluding carboxylic acids is 2. The lowest BCUT2D eigenvalue weighted by Gasteiger charge is -2.31. The number of amides is 2. The van der Waals surface area contributed by atoms with E-state index in [9.17, 15) is 9.59 Å². The molecule has 8 heteroatoms. The van der Waals surface area contributed by atoms with Crippen molar-refractivity contribution >= 4 is 51.5 Å². The summed E-state index contributed by atoms with van der Waals surface area (Å²) < 4.78 is 0. The van der Waals surface area contributed by atoms with Gasteiger partial charge < -0.3 is 10.2 Å². The van der Waals surface area contributed by atoms with Crippen molar-refractivity contribution in [1.82, 2.24) is 9.88 Å². The third-order valence-corrected chi connectivity index (χ3v) is 7.37. The number of rotatable bonds is 5. The first-order valence-corrected chi connectivity index (χ1v) is 12.0. The minimum Gasteiger partial charge on any atom is -0.339 e. The van der Waals surface area contributed by atoms with E-state index in [0.29, 0.717) is 48.1 Å². The van der Waals surface area contributed by atoms with E-state index in [-0.39, 0.29) is 17.7 Å². The first kappa shape index (κ1) is 22.8. The van der Waals surface area contributed by atoms with Crippen molar-refractivity contribution in [2.45, 2.75) is 26.2 Å². The third kappa shape index (κ3) is 5.31. The summed E-state index contributed by atoms with van der Waals surface area (Å²) >= 11 is 13.8. The van der Waals surface area contributed by atoms with Crippen LogP contribution < -0.4 is 5.32 Å². The van der Waals surface area contributed by atoms with Gasteiger partial charge in [0.05, 0.1) is 0 Å². The number of benzene rings is 2. The molecule has 0 bridgehead atoms. The van der Waals surface area contributed by atoms with Crippen LogP contribution in [-0.4, -0.2) is 34.8 Å². The van der Waals surface area contributed by atoms with Crippen molar-refractivity contribution in [2.75, 3.05) is 18.4 Å². The molecule has 0 radical (unpaired) electrons. The van der Waals surface area contributed by atoms with Crippen LogP contribution >= 0.6 is 34.5 Å².